The van der Waals surface area contributed by atoms with Crippen molar-refractivity contribution in [3.8, 4) is 17.8 Å². The lowest BCUT2D eigenvalue weighted by Crippen LogP contribution is -2.14. The first-order valence-electron chi connectivity index (χ1n) is 5.66. The smallest absolute Gasteiger partial charge is 0.327 e. The normalized spacial score (nSPS) is 9.79. The Kier molecular flexibility index (Phi) is 3.57. The lowest BCUT2D eigenvalue weighted by molar-refractivity contribution is 0.437. The average molecular weight is 255 g/mol. The third-order valence-corrected chi connectivity index (χ3v) is 2.31. The maximum atomic E-state index is 8.72. The summed E-state index contributed by atoms with van der Waals surface area (Å²) in [4.78, 5) is 14.3. The second kappa shape index (κ2) is 5.31. The van der Waals surface area contributed by atoms with Crippen molar-refractivity contribution in [2.75, 3.05) is 19.0 Å². The van der Waals surface area contributed by atoms with Gasteiger partial charge in [-0.1, -0.05) is 0 Å². The number of ether oxygens (including phenoxy) is 1. The fraction of sp³-hybridized carbons (Fsp3) is 0.231. The van der Waals surface area contributed by atoms with E-state index in [2.05, 4.69) is 15.0 Å². The molecule has 1 aromatic carbocycles. The number of aromatic nitrogens is 3. The summed E-state index contributed by atoms with van der Waals surface area (Å²) in [6.45, 7) is 1.78. The first-order chi connectivity index (χ1) is 9.08. The highest BCUT2D eigenvalue weighted by Crippen LogP contribution is 2.19. The molecule has 19 heavy (non-hydrogen) atoms. The molecule has 0 atom stereocenters. The van der Waals surface area contributed by atoms with Crippen LogP contribution in [0.5, 0.6) is 11.8 Å². The summed E-state index contributed by atoms with van der Waals surface area (Å²) >= 11 is 0. The van der Waals surface area contributed by atoms with Crippen LogP contribution in [0.4, 0.5) is 5.95 Å². The maximum Gasteiger partial charge on any atom is 0.327 e. The third-order valence-electron chi connectivity index (χ3n) is 2.31. The van der Waals surface area contributed by atoms with E-state index in [0.29, 0.717) is 23.1 Å². The minimum atomic E-state index is 0.237. The fourth-order valence-electron chi connectivity index (χ4n) is 1.39. The molecule has 2 aromatic rings. The summed E-state index contributed by atoms with van der Waals surface area (Å²) in [6, 6.07) is 9.04. The van der Waals surface area contributed by atoms with Gasteiger partial charge in [0.25, 0.3) is 0 Å². The molecular formula is C13H13N5O. The van der Waals surface area contributed by atoms with Gasteiger partial charge in [-0.25, -0.2) is 0 Å². The van der Waals surface area contributed by atoms with Gasteiger partial charge >= 0.3 is 6.01 Å². The number of benzene rings is 1. The molecule has 96 valence electrons. The van der Waals surface area contributed by atoms with E-state index in [1.54, 1.807) is 36.1 Å². The fourth-order valence-corrected chi connectivity index (χ4v) is 1.39. The van der Waals surface area contributed by atoms with Gasteiger partial charge in [0, 0.05) is 14.1 Å². The minimum Gasteiger partial charge on any atom is -0.424 e. The predicted octanol–water partition coefficient (Wildman–Crippen LogP) is 1.91. The molecule has 6 heteroatoms. The van der Waals surface area contributed by atoms with Crippen LogP contribution in [-0.2, 0) is 0 Å². The molecule has 0 unspecified atom stereocenters. The lowest BCUT2D eigenvalue weighted by Gasteiger charge is -2.11. The van der Waals surface area contributed by atoms with Crippen molar-refractivity contribution in [2.45, 2.75) is 6.92 Å². The molecule has 0 amide bonds. The molecule has 2 rings (SSSR count). The molecular weight excluding hydrogens is 242 g/mol. The van der Waals surface area contributed by atoms with Crippen LogP contribution in [0.25, 0.3) is 0 Å². The zero-order valence-electron chi connectivity index (χ0n) is 11.0. The van der Waals surface area contributed by atoms with Gasteiger partial charge < -0.3 is 9.64 Å². The van der Waals surface area contributed by atoms with E-state index in [0.717, 1.165) is 0 Å². The summed E-state index contributed by atoms with van der Waals surface area (Å²) in [5, 5.41) is 8.72. The van der Waals surface area contributed by atoms with Crippen molar-refractivity contribution in [2.24, 2.45) is 0 Å². The highest BCUT2D eigenvalue weighted by molar-refractivity contribution is 5.36. The van der Waals surface area contributed by atoms with E-state index in [-0.39, 0.29) is 6.01 Å². The Bertz CT molecular complexity index is 616. The molecule has 0 fully saturated rings. The first-order valence-corrected chi connectivity index (χ1v) is 5.66. The van der Waals surface area contributed by atoms with Crippen LogP contribution in [0.2, 0.25) is 0 Å². The maximum absolute atomic E-state index is 8.72. The highest BCUT2D eigenvalue weighted by atomic mass is 16.5. The van der Waals surface area contributed by atoms with Crippen LogP contribution in [0.3, 0.4) is 0 Å². The summed E-state index contributed by atoms with van der Waals surface area (Å²) in [5.41, 5.74) is 0.577. The first kappa shape index (κ1) is 12.8. The molecule has 0 saturated carbocycles. The Morgan fingerprint density at radius 3 is 2.37 bits per heavy atom. The average Bonchev–Trinajstić information content (AvgIpc) is 2.39. The van der Waals surface area contributed by atoms with E-state index in [1.165, 1.54) is 0 Å². The van der Waals surface area contributed by atoms with Crippen molar-refractivity contribution in [1.82, 2.24) is 15.0 Å². The largest absolute Gasteiger partial charge is 0.424 e. The molecule has 1 heterocycles. The quantitative estimate of drug-likeness (QED) is 0.834. The van der Waals surface area contributed by atoms with E-state index < -0.39 is 0 Å². The zero-order valence-corrected chi connectivity index (χ0v) is 11.0. The summed E-state index contributed by atoms with van der Waals surface area (Å²) < 4.78 is 5.55. The molecule has 0 N–H and O–H groups in total. The van der Waals surface area contributed by atoms with Gasteiger partial charge in [0.2, 0.25) is 5.95 Å². The molecule has 0 aliphatic carbocycles. The summed E-state index contributed by atoms with van der Waals surface area (Å²) in [6.07, 6.45) is 0. The Hall–Kier alpha value is -2.68. The number of nitriles is 1. The van der Waals surface area contributed by atoms with Crippen molar-refractivity contribution in [3.63, 3.8) is 0 Å². The molecule has 0 spiro atoms. The van der Waals surface area contributed by atoms with Crippen LogP contribution < -0.4 is 9.64 Å². The van der Waals surface area contributed by atoms with Crippen LogP contribution in [-0.4, -0.2) is 29.0 Å². The van der Waals surface area contributed by atoms with E-state index in [4.69, 9.17) is 10.00 Å². The monoisotopic (exact) mass is 255 g/mol. The SMILES string of the molecule is Cc1nc(Oc2ccc(C#N)cc2)nc(N(C)C)n1. The van der Waals surface area contributed by atoms with Gasteiger partial charge in [0.05, 0.1) is 11.6 Å². The van der Waals surface area contributed by atoms with Gasteiger partial charge in [-0.3, -0.25) is 0 Å². The van der Waals surface area contributed by atoms with Gasteiger partial charge in [-0.05, 0) is 31.2 Å². The third kappa shape index (κ3) is 3.16. The topological polar surface area (TPSA) is 74.9 Å². The standard InChI is InChI=1S/C13H13N5O/c1-9-15-12(18(2)3)17-13(16-9)19-11-6-4-10(8-14)5-7-11/h4-7H,1-3H3. The van der Waals surface area contributed by atoms with Crippen molar-refractivity contribution in [1.29, 1.82) is 5.26 Å². The second-order valence-corrected chi connectivity index (χ2v) is 4.10. The molecule has 0 saturated heterocycles. The molecule has 1 aromatic heterocycles. The minimum absolute atomic E-state index is 0.237. The van der Waals surface area contributed by atoms with Crippen molar-refractivity contribution in [3.05, 3.63) is 35.7 Å². The molecule has 0 radical (unpaired) electrons. The Morgan fingerprint density at radius 1 is 1.11 bits per heavy atom. The summed E-state index contributed by atoms with van der Waals surface area (Å²) in [5.74, 6) is 1.70. The van der Waals surface area contributed by atoms with Crippen LogP contribution in [0.15, 0.2) is 24.3 Å². The number of rotatable bonds is 3. The Balaban J connectivity index is 2.25. The number of aryl methyl sites for hydroxylation is 1. The van der Waals surface area contributed by atoms with E-state index >= 15 is 0 Å². The Labute approximate surface area is 111 Å². The Morgan fingerprint density at radius 2 is 1.79 bits per heavy atom. The molecule has 0 aliphatic rings. The van der Waals surface area contributed by atoms with Crippen LogP contribution >= 0.6 is 0 Å². The van der Waals surface area contributed by atoms with E-state index in [9.17, 15) is 0 Å². The molecule has 6 nitrogen and oxygen atoms in total. The number of hydrogen-bond donors (Lipinski definition) is 0. The zero-order chi connectivity index (χ0) is 13.8. The predicted molar refractivity (Wildman–Crippen MR) is 70.1 cm³/mol. The van der Waals surface area contributed by atoms with Gasteiger partial charge in [0.1, 0.15) is 11.6 Å². The second-order valence-electron chi connectivity index (χ2n) is 4.10. The summed E-state index contributed by atoms with van der Waals surface area (Å²) in [7, 11) is 3.69. The van der Waals surface area contributed by atoms with Crippen molar-refractivity contribution < 1.29 is 4.74 Å². The van der Waals surface area contributed by atoms with Crippen molar-refractivity contribution >= 4 is 5.95 Å². The number of hydrogen-bond acceptors (Lipinski definition) is 6. The van der Waals surface area contributed by atoms with Crippen LogP contribution in [0, 0.1) is 18.3 Å². The van der Waals surface area contributed by atoms with Crippen LogP contribution in [0.1, 0.15) is 11.4 Å². The highest BCUT2D eigenvalue weighted by Gasteiger charge is 2.07. The molecule has 0 bridgehead atoms. The van der Waals surface area contributed by atoms with E-state index in [1.807, 2.05) is 20.2 Å². The number of nitrogens with zero attached hydrogens (tertiary/aromatic N) is 5. The molecule has 0 aliphatic heterocycles. The lowest BCUT2D eigenvalue weighted by atomic mass is 10.2. The van der Waals surface area contributed by atoms with Gasteiger partial charge in [-0.15, -0.1) is 0 Å². The van der Waals surface area contributed by atoms with Gasteiger partial charge in [0.15, 0.2) is 0 Å². The van der Waals surface area contributed by atoms with Gasteiger partial charge in [-0.2, -0.15) is 20.2 Å². The number of anilines is 1.